The van der Waals surface area contributed by atoms with E-state index >= 15 is 0 Å². The molecule has 8 heteroatoms. The van der Waals surface area contributed by atoms with Gasteiger partial charge in [0.25, 0.3) is 17.4 Å². The van der Waals surface area contributed by atoms with Crippen molar-refractivity contribution in [2.75, 3.05) is 0 Å². The summed E-state index contributed by atoms with van der Waals surface area (Å²) in [4.78, 5) is 43.3. The van der Waals surface area contributed by atoms with E-state index in [1.165, 1.54) is 49.9 Å². The van der Waals surface area contributed by atoms with E-state index in [2.05, 4.69) is 20.8 Å². The fourth-order valence-corrected chi connectivity index (χ4v) is 3.91. The number of hydrogen-bond donors (Lipinski definition) is 4. The summed E-state index contributed by atoms with van der Waals surface area (Å²) in [5.41, 5.74) is 4.93. The first-order valence-corrected chi connectivity index (χ1v) is 9.95. The number of fused-ring (bicyclic) bond motifs is 1. The van der Waals surface area contributed by atoms with Crippen molar-refractivity contribution in [2.45, 2.75) is 38.0 Å². The van der Waals surface area contributed by atoms with Crippen LogP contribution in [-0.4, -0.2) is 26.9 Å². The molecule has 3 aromatic rings. The Bertz CT molecular complexity index is 1150. The number of rotatable bonds is 3. The number of pyridine rings is 2. The number of carbonyl (C=O) groups excluding carboxylic acids is 2. The molecule has 0 spiro atoms. The van der Waals surface area contributed by atoms with Crippen LogP contribution in [0, 0.1) is 0 Å². The molecule has 4 rings (SSSR count). The van der Waals surface area contributed by atoms with Crippen molar-refractivity contribution in [1.29, 1.82) is 0 Å². The van der Waals surface area contributed by atoms with Gasteiger partial charge in [0, 0.05) is 11.8 Å². The number of nitrogens with one attached hydrogen (secondary N) is 3. The van der Waals surface area contributed by atoms with Crippen molar-refractivity contribution < 1.29 is 14.7 Å². The van der Waals surface area contributed by atoms with Gasteiger partial charge in [-0.3, -0.25) is 25.2 Å². The van der Waals surface area contributed by atoms with Gasteiger partial charge in [-0.05, 0) is 48.6 Å². The van der Waals surface area contributed by atoms with Crippen molar-refractivity contribution in [3.63, 3.8) is 0 Å². The van der Waals surface area contributed by atoms with Crippen molar-refractivity contribution in [1.82, 2.24) is 20.8 Å². The van der Waals surface area contributed by atoms with E-state index in [4.69, 9.17) is 0 Å². The number of hydrogen-bond acceptors (Lipinski definition) is 5. The van der Waals surface area contributed by atoms with Gasteiger partial charge in [-0.2, -0.15) is 0 Å². The van der Waals surface area contributed by atoms with Crippen molar-refractivity contribution in [3.05, 3.63) is 69.6 Å². The van der Waals surface area contributed by atoms with E-state index in [0.717, 1.165) is 0 Å². The number of carbonyl (C=O) groups is 2. The quantitative estimate of drug-likeness (QED) is 0.498. The molecule has 0 aliphatic heterocycles. The third-order valence-corrected chi connectivity index (χ3v) is 5.52. The van der Waals surface area contributed by atoms with Crippen LogP contribution in [-0.2, 0) is 0 Å². The third kappa shape index (κ3) is 3.89. The molecule has 0 radical (unpaired) electrons. The van der Waals surface area contributed by atoms with Crippen LogP contribution in [0.25, 0.3) is 11.0 Å². The Morgan fingerprint density at radius 3 is 2.43 bits per heavy atom. The second kappa shape index (κ2) is 8.36. The van der Waals surface area contributed by atoms with Crippen LogP contribution in [0.3, 0.4) is 0 Å². The van der Waals surface area contributed by atoms with Crippen molar-refractivity contribution >= 4 is 22.8 Å². The highest BCUT2D eigenvalue weighted by molar-refractivity contribution is 6.03. The molecule has 2 aromatic heterocycles. The van der Waals surface area contributed by atoms with Crippen LogP contribution >= 0.6 is 0 Å². The summed E-state index contributed by atoms with van der Waals surface area (Å²) in [6.45, 7) is 0. The zero-order valence-corrected chi connectivity index (χ0v) is 16.3. The highest BCUT2D eigenvalue weighted by atomic mass is 16.3. The first-order valence-electron chi connectivity index (χ1n) is 9.95. The summed E-state index contributed by atoms with van der Waals surface area (Å²) >= 11 is 0. The number of nitrogens with zero attached hydrogens (tertiary/aromatic N) is 1. The van der Waals surface area contributed by atoms with Gasteiger partial charge in [0.2, 0.25) is 0 Å². The zero-order valence-electron chi connectivity index (χ0n) is 16.3. The van der Waals surface area contributed by atoms with E-state index < -0.39 is 28.7 Å². The summed E-state index contributed by atoms with van der Waals surface area (Å²) in [5.74, 6) is -1.40. The van der Waals surface area contributed by atoms with Gasteiger partial charge < -0.3 is 10.1 Å². The Morgan fingerprint density at radius 1 is 1.00 bits per heavy atom. The van der Waals surface area contributed by atoms with Crippen LogP contribution in [0.1, 0.15) is 64.3 Å². The Hall–Kier alpha value is -3.68. The molecule has 1 aliphatic carbocycles. The highest BCUT2D eigenvalue weighted by Crippen LogP contribution is 2.32. The molecule has 4 N–H and O–H groups in total. The molecule has 2 amide bonds. The summed E-state index contributed by atoms with van der Waals surface area (Å²) in [6, 6.07) is 10.4. The molecule has 1 aromatic carbocycles. The maximum atomic E-state index is 12.4. The summed E-state index contributed by atoms with van der Waals surface area (Å²) < 4.78 is 0. The molecular formula is C22H22N4O4. The minimum Gasteiger partial charge on any atom is -0.506 e. The molecule has 0 unspecified atom stereocenters. The fraction of sp³-hybridized carbons (Fsp3) is 0.273. The van der Waals surface area contributed by atoms with Crippen LogP contribution in [0.4, 0.5) is 0 Å². The number of H-pyrrole nitrogens is 1. The van der Waals surface area contributed by atoms with Gasteiger partial charge in [-0.1, -0.05) is 31.4 Å². The highest BCUT2D eigenvalue weighted by Gasteiger charge is 2.20. The predicted molar refractivity (Wildman–Crippen MR) is 111 cm³/mol. The van der Waals surface area contributed by atoms with Crippen molar-refractivity contribution in [3.8, 4) is 5.75 Å². The smallest absolute Gasteiger partial charge is 0.279 e. The normalized spacial score (nSPS) is 14.4. The lowest BCUT2D eigenvalue weighted by molar-refractivity contribution is 0.0844. The number of amides is 2. The van der Waals surface area contributed by atoms with Crippen LogP contribution < -0.4 is 16.4 Å². The van der Waals surface area contributed by atoms with Gasteiger partial charge >= 0.3 is 0 Å². The van der Waals surface area contributed by atoms with Gasteiger partial charge in [-0.15, -0.1) is 0 Å². The van der Waals surface area contributed by atoms with E-state index in [1.54, 1.807) is 18.2 Å². The minimum absolute atomic E-state index is 0.165. The molecule has 154 valence electrons. The van der Waals surface area contributed by atoms with Crippen LogP contribution in [0.2, 0.25) is 0 Å². The van der Waals surface area contributed by atoms with Gasteiger partial charge in [0.15, 0.2) is 0 Å². The van der Waals surface area contributed by atoms with E-state index in [9.17, 15) is 19.5 Å². The minimum atomic E-state index is -0.924. The molecule has 0 bridgehead atoms. The summed E-state index contributed by atoms with van der Waals surface area (Å²) in [6.07, 6.45) is 7.54. The average Bonchev–Trinajstić information content (AvgIpc) is 2.78. The SMILES string of the molecule is O=C(NNC(=O)c1c(O)c2cccnc2[nH]c1=O)c1ccc(C2CCCCC2)cc1. The lowest BCUT2D eigenvalue weighted by atomic mass is 9.84. The Balaban J connectivity index is 1.44. The molecule has 1 saturated carbocycles. The Kier molecular flexibility index (Phi) is 5.47. The standard InChI is InChI=1S/C22H22N4O4/c27-18-16-7-4-12-23-19(16)24-21(29)17(18)22(30)26-25-20(28)15-10-8-14(9-11-15)13-5-2-1-3-6-13/h4,7-13H,1-3,5-6H2,(H,25,28)(H,26,30)(H2,23,24,27,29). The number of hydrazine groups is 1. The molecule has 30 heavy (non-hydrogen) atoms. The molecule has 8 nitrogen and oxygen atoms in total. The number of benzene rings is 1. The first-order chi connectivity index (χ1) is 14.5. The van der Waals surface area contributed by atoms with Gasteiger partial charge in [-0.25, -0.2) is 4.98 Å². The Morgan fingerprint density at radius 2 is 1.70 bits per heavy atom. The number of aromatic nitrogens is 2. The van der Waals surface area contributed by atoms with Crippen molar-refractivity contribution in [2.24, 2.45) is 0 Å². The molecule has 0 saturated heterocycles. The number of aromatic amines is 1. The lowest BCUT2D eigenvalue weighted by Crippen LogP contribution is -2.43. The maximum absolute atomic E-state index is 12.4. The average molecular weight is 406 g/mol. The molecule has 2 heterocycles. The monoisotopic (exact) mass is 406 g/mol. The van der Waals surface area contributed by atoms with Crippen LogP contribution in [0.5, 0.6) is 5.75 Å². The van der Waals surface area contributed by atoms with Gasteiger partial charge in [0.05, 0.1) is 5.39 Å². The topological polar surface area (TPSA) is 124 Å². The molecular weight excluding hydrogens is 384 g/mol. The molecule has 1 aliphatic rings. The van der Waals surface area contributed by atoms with E-state index in [-0.39, 0.29) is 11.0 Å². The molecule has 1 fully saturated rings. The maximum Gasteiger partial charge on any atom is 0.279 e. The second-order valence-corrected chi connectivity index (χ2v) is 7.44. The van der Waals surface area contributed by atoms with Crippen LogP contribution in [0.15, 0.2) is 47.4 Å². The lowest BCUT2D eigenvalue weighted by Gasteiger charge is -2.22. The second-order valence-electron chi connectivity index (χ2n) is 7.44. The molecule has 0 atom stereocenters. The van der Waals surface area contributed by atoms with E-state index in [0.29, 0.717) is 11.5 Å². The largest absolute Gasteiger partial charge is 0.506 e. The first kappa shape index (κ1) is 19.6. The Labute approximate surface area is 172 Å². The van der Waals surface area contributed by atoms with Gasteiger partial charge in [0.1, 0.15) is 17.0 Å². The summed E-state index contributed by atoms with van der Waals surface area (Å²) in [5, 5.41) is 10.5. The summed E-state index contributed by atoms with van der Waals surface area (Å²) in [7, 11) is 0. The zero-order chi connectivity index (χ0) is 21.1. The predicted octanol–water partition coefficient (Wildman–Crippen LogP) is 2.75. The fourth-order valence-electron chi connectivity index (χ4n) is 3.91. The number of aromatic hydroxyl groups is 1. The van der Waals surface area contributed by atoms with E-state index in [1.807, 2.05) is 12.1 Å². The third-order valence-electron chi connectivity index (χ3n) is 5.52.